The molecule has 2 fully saturated rings. The molecule has 0 saturated carbocycles. The van der Waals surface area contributed by atoms with Gasteiger partial charge >= 0.3 is 0 Å². The van der Waals surface area contributed by atoms with Crippen LogP contribution in [0.4, 0.5) is 0 Å². The first-order valence-corrected chi connectivity index (χ1v) is 8.78. The summed E-state index contributed by atoms with van der Waals surface area (Å²) in [6, 6.07) is 14.4. The van der Waals surface area contributed by atoms with Gasteiger partial charge in [0.1, 0.15) is 0 Å². The van der Waals surface area contributed by atoms with Gasteiger partial charge in [-0.05, 0) is 22.8 Å². The average Bonchev–Trinajstić information content (AvgIpc) is 2.63. The quantitative estimate of drug-likeness (QED) is 0.851. The van der Waals surface area contributed by atoms with Gasteiger partial charge in [-0.1, -0.05) is 42.5 Å². The minimum Gasteiger partial charge on any atom is -0.350 e. The van der Waals surface area contributed by atoms with E-state index in [1.54, 1.807) is 0 Å². The van der Waals surface area contributed by atoms with Crippen LogP contribution in [-0.2, 0) is 20.7 Å². The van der Waals surface area contributed by atoms with Gasteiger partial charge in [-0.25, -0.2) is 0 Å². The SMILES string of the molecule is O=C(Cc1cccc2ccccc12)N1CCC2(CC1)OCCCO2. The number of nitrogens with zero attached hydrogens (tertiary/aromatic N) is 1. The predicted octanol–water partition coefficient (Wildman–Crippen LogP) is 3.14. The number of rotatable bonds is 2. The zero-order chi connectivity index (χ0) is 16.4. The fraction of sp³-hybridized carbons (Fsp3) is 0.450. The van der Waals surface area contributed by atoms with Crippen molar-refractivity contribution < 1.29 is 14.3 Å². The Balaban J connectivity index is 1.43. The Morgan fingerprint density at radius 1 is 1.00 bits per heavy atom. The van der Waals surface area contributed by atoms with E-state index in [9.17, 15) is 4.79 Å². The van der Waals surface area contributed by atoms with Gasteiger partial charge < -0.3 is 14.4 Å². The lowest BCUT2D eigenvalue weighted by Gasteiger charge is -2.43. The first-order valence-electron chi connectivity index (χ1n) is 8.78. The normalized spacial score (nSPS) is 20.4. The topological polar surface area (TPSA) is 38.8 Å². The molecule has 0 unspecified atom stereocenters. The highest BCUT2D eigenvalue weighted by Crippen LogP contribution is 2.31. The number of benzene rings is 2. The van der Waals surface area contributed by atoms with Crippen LogP contribution < -0.4 is 0 Å². The van der Waals surface area contributed by atoms with Gasteiger partial charge in [0.15, 0.2) is 5.79 Å². The van der Waals surface area contributed by atoms with Crippen molar-refractivity contribution in [3.8, 4) is 0 Å². The number of hydrogen-bond acceptors (Lipinski definition) is 3. The molecule has 2 aromatic carbocycles. The van der Waals surface area contributed by atoms with Crippen molar-refractivity contribution in [2.75, 3.05) is 26.3 Å². The number of amides is 1. The number of likely N-dealkylation sites (tertiary alicyclic amines) is 1. The highest BCUT2D eigenvalue weighted by atomic mass is 16.7. The number of piperidine rings is 1. The summed E-state index contributed by atoms with van der Waals surface area (Å²) in [7, 11) is 0. The lowest BCUT2D eigenvalue weighted by molar-refractivity contribution is -0.282. The van der Waals surface area contributed by atoms with Gasteiger partial charge in [-0.3, -0.25) is 4.79 Å². The summed E-state index contributed by atoms with van der Waals surface area (Å²) in [5, 5.41) is 2.35. The van der Waals surface area contributed by atoms with Crippen LogP contribution in [0.2, 0.25) is 0 Å². The van der Waals surface area contributed by atoms with Crippen LogP contribution >= 0.6 is 0 Å². The van der Waals surface area contributed by atoms with E-state index < -0.39 is 5.79 Å². The zero-order valence-electron chi connectivity index (χ0n) is 13.9. The third-order valence-electron chi connectivity index (χ3n) is 5.12. The molecule has 0 aromatic heterocycles. The molecule has 4 heteroatoms. The molecule has 0 atom stereocenters. The first kappa shape index (κ1) is 15.6. The highest BCUT2D eigenvalue weighted by molar-refractivity contribution is 5.90. The Morgan fingerprint density at radius 2 is 1.71 bits per heavy atom. The molecule has 2 saturated heterocycles. The van der Waals surface area contributed by atoms with Crippen molar-refractivity contribution in [1.82, 2.24) is 4.90 Å². The maximum Gasteiger partial charge on any atom is 0.227 e. The van der Waals surface area contributed by atoms with Gasteiger partial charge in [-0.15, -0.1) is 0 Å². The van der Waals surface area contributed by atoms with Crippen LogP contribution in [0, 0.1) is 0 Å². The summed E-state index contributed by atoms with van der Waals surface area (Å²) >= 11 is 0. The fourth-order valence-electron chi connectivity index (χ4n) is 3.72. The van der Waals surface area contributed by atoms with Crippen LogP contribution in [0.25, 0.3) is 10.8 Å². The van der Waals surface area contributed by atoms with E-state index >= 15 is 0 Å². The monoisotopic (exact) mass is 325 g/mol. The lowest BCUT2D eigenvalue weighted by atomic mass is 9.99. The third kappa shape index (κ3) is 3.04. The Labute approximate surface area is 142 Å². The van der Waals surface area contributed by atoms with E-state index in [-0.39, 0.29) is 5.91 Å². The Morgan fingerprint density at radius 3 is 2.50 bits per heavy atom. The van der Waals surface area contributed by atoms with Gasteiger partial charge in [0.25, 0.3) is 0 Å². The summed E-state index contributed by atoms with van der Waals surface area (Å²) < 4.78 is 11.7. The minimum absolute atomic E-state index is 0.192. The molecule has 2 aliphatic rings. The first-order chi connectivity index (χ1) is 11.8. The third-order valence-corrected chi connectivity index (χ3v) is 5.12. The summed E-state index contributed by atoms with van der Waals surface area (Å²) in [4.78, 5) is 14.7. The number of ether oxygens (including phenoxy) is 2. The van der Waals surface area contributed by atoms with Crippen LogP contribution in [-0.4, -0.2) is 42.9 Å². The molecule has 0 bridgehead atoms. The molecule has 0 radical (unpaired) electrons. The summed E-state index contributed by atoms with van der Waals surface area (Å²) in [5.41, 5.74) is 1.10. The van der Waals surface area contributed by atoms with E-state index in [0.717, 1.165) is 38.0 Å². The van der Waals surface area contributed by atoms with Gasteiger partial charge in [0.05, 0.1) is 19.6 Å². The summed E-state index contributed by atoms with van der Waals surface area (Å²) in [5.74, 6) is -0.244. The standard InChI is InChI=1S/C20H23NO3/c22-19(15-17-7-3-6-16-5-1-2-8-18(16)17)21-11-9-20(10-12-21)23-13-4-14-24-20/h1-3,5-8H,4,9-15H2. The van der Waals surface area contributed by atoms with Crippen LogP contribution in [0.15, 0.2) is 42.5 Å². The Bertz CT molecular complexity index is 721. The molecule has 1 amide bonds. The maximum absolute atomic E-state index is 12.7. The van der Waals surface area contributed by atoms with Gasteiger partial charge in [0, 0.05) is 25.9 Å². The Kier molecular flexibility index (Phi) is 4.25. The molecule has 2 aliphatic heterocycles. The van der Waals surface area contributed by atoms with Crippen molar-refractivity contribution in [2.45, 2.75) is 31.5 Å². The van der Waals surface area contributed by atoms with Gasteiger partial charge in [-0.2, -0.15) is 0 Å². The number of carbonyl (C=O) groups is 1. The molecule has 4 nitrogen and oxygen atoms in total. The van der Waals surface area contributed by atoms with E-state index in [1.165, 1.54) is 10.8 Å². The van der Waals surface area contributed by atoms with Crippen LogP contribution in [0.1, 0.15) is 24.8 Å². The average molecular weight is 325 g/mol. The van der Waals surface area contributed by atoms with Crippen LogP contribution in [0.5, 0.6) is 0 Å². The van der Waals surface area contributed by atoms with Crippen LogP contribution in [0.3, 0.4) is 0 Å². The van der Waals surface area contributed by atoms with Crippen molar-refractivity contribution in [3.05, 3.63) is 48.0 Å². The number of hydrogen-bond donors (Lipinski definition) is 0. The highest BCUT2D eigenvalue weighted by Gasteiger charge is 2.39. The van der Waals surface area contributed by atoms with E-state index in [4.69, 9.17) is 9.47 Å². The van der Waals surface area contributed by atoms with E-state index in [2.05, 4.69) is 24.3 Å². The minimum atomic E-state index is -0.436. The van der Waals surface area contributed by atoms with Crippen molar-refractivity contribution in [1.29, 1.82) is 0 Å². The Hall–Kier alpha value is -1.91. The molecule has 24 heavy (non-hydrogen) atoms. The van der Waals surface area contributed by atoms with E-state index in [0.29, 0.717) is 19.5 Å². The van der Waals surface area contributed by atoms with Gasteiger partial charge in [0.2, 0.25) is 5.91 Å². The molecule has 4 rings (SSSR count). The smallest absolute Gasteiger partial charge is 0.227 e. The molecular weight excluding hydrogens is 302 g/mol. The molecule has 2 heterocycles. The van der Waals surface area contributed by atoms with Crippen molar-refractivity contribution in [2.24, 2.45) is 0 Å². The summed E-state index contributed by atoms with van der Waals surface area (Å²) in [6.07, 6.45) is 2.96. The fourth-order valence-corrected chi connectivity index (χ4v) is 3.72. The number of carbonyl (C=O) groups excluding carboxylic acids is 1. The second kappa shape index (κ2) is 6.54. The molecular formula is C20H23NO3. The second-order valence-corrected chi connectivity index (χ2v) is 6.66. The molecule has 0 aliphatic carbocycles. The lowest BCUT2D eigenvalue weighted by Crippen LogP contribution is -2.51. The molecule has 126 valence electrons. The largest absolute Gasteiger partial charge is 0.350 e. The molecule has 1 spiro atoms. The maximum atomic E-state index is 12.7. The van der Waals surface area contributed by atoms with Crippen molar-refractivity contribution in [3.63, 3.8) is 0 Å². The zero-order valence-corrected chi connectivity index (χ0v) is 13.9. The predicted molar refractivity (Wildman–Crippen MR) is 92.7 cm³/mol. The summed E-state index contributed by atoms with van der Waals surface area (Å²) in [6.45, 7) is 2.96. The molecule has 0 N–H and O–H groups in total. The number of fused-ring (bicyclic) bond motifs is 1. The van der Waals surface area contributed by atoms with E-state index in [1.807, 2.05) is 23.1 Å². The van der Waals surface area contributed by atoms with Crippen molar-refractivity contribution >= 4 is 16.7 Å². The molecule has 2 aromatic rings. The second-order valence-electron chi connectivity index (χ2n) is 6.66.